The Balaban J connectivity index is 2.92. The number of ether oxygens (including phenoxy) is 1. The summed E-state index contributed by atoms with van der Waals surface area (Å²) in [6, 6.07) is 7.23. The maximum absolute atomic E-state index is 5.53. The molecule has 1 aromatic rings. The van der Waals surface area contributed by atoms with E-state index in [0.29, 0.717) is 17.3 Å². The van der Waals surface area contributed by atoms with Gasteiger partial charge in [-0.3, -0.25) is 0 Å². The van der Waals surface area contributed by atoms with Crippen molar-refractivity contribution in [2.45, 2.75) is 0 Å². The van der Waals surface area contributed by atoms with E-state index in [4.69, 9.17) is 28.5 Å². The van der Waals surface area contributed by atoms with Gasteiger partial charge in [0.1, 0.15) is 23.9 Å². The maximum atomic E-state index is 5.53. The topological polar surface area (TPSA) is 47.6 Å². The molecular formula is C11H11ClN2O. The van der Waals surface area contributed by atoms with E-state index in [1.165, 1.54) is 0 Å². The first-order chi connectivity index (χ1) is 7.27. The molecule has 0 heterocycles. The lowest BCUT2D eigenvalue weighted by atomic mass is 10.3. The van der Waals surface area contributed by atoms with E-state index >= 15 is 0 Å². The van der Waals surface area contributed by atoms with Crippen molar-refractivity contribution in [2.24, 2.45) is 10.7 Å². The Morgan fingerprint density at radius 3 is 2.93 bits per heavy atom. The smallest absolute Gasteiger partial charge is 0.148 e. The van der Waals surface area contributed by atoms with Crippen LogP contribution in [0, 0.1) is 12.3 Å². The highest BCUT2D eigenvalue weighted by Gasteiger charge is 2.01. The maximum Gasteiger partial charge on any atom is 0.148 e. The van der Waals surface area contributed by atoms with Gasteiger partial charge in [0.05, 0.1) is 5.88 Å². The van der Waals surface area contributed by atoms with Gasteiger partial charge in [-0.2, -0.15) is 0 Å². The van der Waals surface area contributed by atoms with Crippen LogP contribution in [0.25, 0.3) is 0 Å². The van der Waals surface area contributed by atoms with Gasteiger partial charge in [-0.15, -0.1) is 18.0 Å². The molecule has 1 aromatic carbocycles. The summed E-state index contributed by atoms with van der Waals surface area (Å²) in [5.74, 6) is 3.51. The molecule has 0 bridgehead atoms. The van der Waals surface area contributed by atoms with E-state index in [9.17, 15) is 0 Å². The summed E-state index contributed by atoms with van der Waals surface area (Å²) >= 11 is 5.53. The highest BCUT2D eigenvalue weighted by Crippen LogP contribution is 2.26. The fourth-order valence-electron chi connectivity index (χ4n) is 0.976. The highest BCUT2D eigenvalue weighted by atomic mass is 35.5. The van der Waals surface area contributed by atoms with Crippen molar-refractivity contribution < 1.29 is 4.74 Å². The van der Waals surface area contributed by atoms with Crippen LogP contribution < -0.4 is 10.5 Å². The minimum absolute atomic E-state index is 0.184. The van der Waals surface area contributed by atoms with Crippen LogP contribution in [0.2, 0.25) is 0 Å². The largest absolute Gasteiger partial charge is 0.479 e. The lowest BCUT2D eigenvalue weighted by molar-refractivity contribution is 0.371. The van der Waals surface area contributed by atoms with Crippen molar-refractivity contribution in [3.8, 4) is 18.1 Å². The number of halogens is 1. The number of terminal acetylenes is 1. The Labute approximate surface area is 93.9 Å². The highest BCUT2D eigenvalue weighted by molar-refractivity contribution is 6.28. The third-order valence-corrected chi connectivity index (χ3v) is 1.85. The van der Waals surface area contributed by atoms with Gasteiger partial charge in [0.2, 0.25) is 0 Å². The van der Waals surface area contributed by atoms with Gasteiger partial charge < -0.3 is 10.5 Å². The molecule has 0 radical (unpaired) electrons. The second-order valence-corrected chi connectivity index (χ2v) is 2.96. The molecule has 0 saturated carbocycles. The molecule has 0 aliphatic carbocycles. The van der Waals surface area contributed by atoms with Crippen molar-refractivity contribution in [3.63, 3.8) is 0 Å². The van der Waals surface area contributed by atoms with Crippen molar-refractivity contribution in [1.29, 1.82) is 0 Å². The van der Waals surface area contributed by atoms with E-state index in [1.54, 1.807) is 12.1 Å². The van der Waals surface area contributed by atoms with E-state index in [-0.39, 0.29) is 12.5 Å². The summed E-state index contributed by atoms with van der Waals surface area (Å²) in [7, 11) is 0. The van der Waals surface area contributed by atoms with E-state index in [1.807, 2.05) is 12.1 Å². The molecule has 0 spiro atoms. The molecule has 0 aromatic heterocycles. The van der Waals surface area contributed by atoms with Gasteiger partial charge in [-0.05, 0) is 12.1 Å². The third-order valence-electron chi connectivity index (χ3n) is 1.58. The minimum Gasteiger partial charge on any atom is -0.479 e. The van der Waals surface area contributed by atoms with E-state index in [2.05, 4.69) is 10.9 Å². The Kier molecular flexibility index (Phi) is 4.52. The summed E-state index contributed by atoms with van der Waals surface area (Å²) in [6.07, 6.45) is 5.10. The van der Waals surface area contributed by atoms with Crippen LogP contribution in [0.15, 0.2) is 29.3 Å². The second-order valence-electron chi connectivity index (χ2n) is 2.70. The van der Waals surface area contributed by atoms with Gasteiger partial charge in [0.25, 0.3) is 0 Å². The molecule has 78 valence electrons. The van der Waals surface area contributed by atoms with Gasteiger partial charge in [0.15, 0.2) is 0 Å². The average molecular weight is 223 g/mol. The first-order valence-corrected chi connectivity index (χ1v) is 4.85. The molecular weight excluding hydrogens is 212 g/mol. The number of alkyl halides is 1. The van der Waals surface area contributed by atoms with Crippen LogP contribution in [-0.2, 0) is 0 Å². The molecule has 4 heteroatoms. The van der Waals surface area contributed by atoms with Crippen molar-refractivity contribution in [1.82, 2.24) is 0 Å². The zero-order chi connectivity index (χ0) is 11.1. The number of benzene rings is 1. The molecule has 2 N–H and O–H groups in total. The number of nitrogens with two attached hydrogens (primary N) is 1. The number of hydrogen-bond donors (Lipinski definition) is 1. The summed E-state index contributed by atoms with van der Waals surface area (Å²) in [6.45, 7) is 0.202. The summed E-state index contributed by atoms with van der Waals surface area (Å²) < 4.78 is 5.29. The van der Waals surface area contributed by atoms with Gasteiger partial charge in [-0.1, -0.05) is 18.1 Å². The van der Waals surface area contributed by atoms with Crippen molar-refractivity contribution >= 4 is 23.1 Å². The lowest BCUT2D eigenvalue weighted by Gasteiger charge is -2.05. The molecule has 0 amide bonds. The summed E-state index contributed by atoms with van der Waals surface area (Å²) in [5, 5.41) is 0. The van der Waals surface area contributed by atoms with E-state index in [0.717, 1.165) is 0 Å². The quantitative estimate of drug-likeness (QED) is 0.366. The predicted molar refractivity (Wildman–Crippen MR) is 62.8 cm³/mol. The Hall–Kier alpha value is -1.66. The molecule has 3 nitrogen and oxygen atoms in total. The Morgan fingerprint density at radius 2 is 2.27 bits per heavy atom. The lowest BCUT2D eigenvalue weighted by Crippen LogP contribution is -2.12. The molecule has 15 heavy (non-hydrogen) atoms. The molecule has 0 saturated heterocycles. The first-order valence-electron chi connectivity index (χ1n) is 4.32. The van der Waals surface area contributed by atoms with Crippen LogP contribution in [0.3, 0.4) is 0 Å². The predicted octanol–water partition coefficient (Wildman–Crippen LogP) is 1.93. The van der Waals surface area contributed by atoms with Gasteiger partial charge in [-0.25, -0.2) is 4.99 Å². The first kappa shape index (κ1) is 11.4. The Bertz CT molecular complexity index is 396. The Morgan fingerprint density at radius 1 is 1.53 bits per heavy atom. The fraction of sp³-hybridized carbons (Fsp3) is 0.182. The third kappa shape index (κ3) is 3.53. The molecule has 0 fully saturated rings. The zero-order valence-corrected chi connectivity index (χ0v) is 8.87. The number of hydrogen-bond acceptors (Lipinski definition) is 2. The number of aliphatic imine (C=N–C) groups is 1. The molecule has 0 aliphatic rings. The minimum atomic E-state index is 0.184. The molecule has 1 rings (SSSR count). The number of nitrogens with zero attached hydrogens (tertiary/aromatic N) is 1. The number of amidine groups is 1. The van der Waals surface area contributed by atoms with Crippen LogP contribution >= 0.6 is 11.6 Å². The standard InChI is InChI=1S/C11H11ClN2O/c1-2-7-15-10-6-4-3-5-9(10)14-11(13)8-12/h1,3-6H,7-8H2,(H2,13,14). The average Bonchev–Trinajstić information content (AvgIpc) is 2.28. The summed E-state index contributed by atoms with van der Waals surface area (Å²) in [5.41, 5.74) is 6.16. The second kappa shape index (κ2) is 5.94. The number of para-hydroxylation sites is 2. The monoisotopic (exact) mass is 222 g/mol. The zero-order valence-electron chi connectivity index (χ0n) is 8.11. The van der Waals surface area contributed by atoms with Crippen LogP contribution in [0.1, 0.15) is 0 Å². The molecule has 0 aliphatic heterocycles. The molecule has 0 unspecified atom stereocenters. The van der Waals surface area contributed by atoms with Crippen LogP contribution in [0.5, 0.6) is 5.75 Å². The van der Waals surface area contributed by atoms with E-state index < -0.39 is 0 Å². The number of rotatable bonds is 4. The van der Waals surface area contributed by atoms with Crippen LogP contribution in [0.4, 0.5) is 5.69 Å². The normalized spacial score (nSPS) is 10.8. The fourth-order valence-corrected chi connectivity index (χ4v) is 1.04. The SMILES string of the molecule is C#CCOc1ccccc1N=C(N)CCl. The van der Waals surface area contributed by atoms with Gasteiger partial charge in [0, 0.05) is 0 Å². The van der Waals surface area contributed by atoms with Crippen molar-refractivity contribution in [2.75, 3.05) is 12.5 Å². The van der Waals surface area contributed by atoms with Crippen LogP contribution in [-0.4, -0.2) is 18.3 Å². The van der Waals surface area contributed by atoms with Crippen molar-refractivity contribution in [3.05, 3.63) is 24.3 Å². The molecule has 0 atom stereocenters. The summed E-state index contributed by atoms with van der Waals surface area (Å²) in [4.78, 5) is 4.10. The van der Waals surface area contributed by atoms with Gasteiger partial charge >= 0.3 is 0 Å².